The van der Waals surface area contributed by atoms with Crippen molar-refractivity contribution in [3.8, 4) is 5.75 Å². The van der Waals surface area contributed by atoms with Gasteiger partial charge < -0.3 is 20.5 Å². The first-order valence-corrected chi connectivity index (χ1v) is 9.85. The van der Waals surface area contributed by atoms with Crippen molar-refractivity contribution >= 4 is 17.5 Å². The van der Waals surface area contributed by atoms with E-state index in [1.807, 2.05) is 0 Å². The third-order valence-corrected chi connectivity index (χ3v) is 6.02. The first kappa shape index (κ1) is 25.1. The van der Waals surface area contributed by atoms with Crippen LogP contribution in [0.3, 0.4) is 0 Å². The van der Waals surface area contributed by atoms with E-state index in [9.17, 15) is 36.7 Å². The van der Waals surface area contributed by atoms with Crippen LogP contribution >= 0.6 is 0 Å². The summed E-state index contributed by atoms with van der Waals surface area (Å²) in [6.07, 6.45) is -5.76. The number of nitrogens with two attached hydrogens (primary N) is 1. The SMILES string of the molecule is COc1c([C@@H]2[C@@H](C)[C@@](C)(C(F)(F)F)O[C@H]2C(=O)Nc2cc[n+](O)c(C(N)=O)c2)ccc(F)c1F. The Morgan fingerprint density at radius 2 is 1.91 bits per heavy atom. The smallest absolute Gasteiger partial charge is 0.417 e. The molecule has 2 aromatic rings. The highest BCUT2D eigenvalue weighted by Gasteiger charge is 2.65. The average Bonchev–Trinajstić information content (AvgIpc) is 3.03. The minimum absolute atomic E-state index is 0.0861. The van der Waals surface area contributed by atoms with Crippen LogP contribution in [-0.2, 0) is 9.53 Å². The molecule has 3 rings (SSSR count). The lowest BCUT2D eigenvalue weighted by atomic mass is 9.77. The fourth-order valence-corrected chi connectivity index (χ4v) is 4.01. The number of nitrogens with zero attached hydrogens (tertiary/aromatic N) is 1. The van der Waals surface area contributed by atoms with Crippen LogP contribution in [0.25, 0.3) is 0 Å². The second-order valence-corrected chi connectivity index (χ2v) is 7.94. The molecule has 0 bridgehead atoms. The number of rotatable bonds is 5. The predicted molar refractivity (Wildman–Crippen MR) is 105 cm³/mol. The fraction of sp³-hybridized carbons (Fsp3) is 0.381. The minimum Gasteiger partial charge on any atom is -0.493 e. The lowest BCUT2D eigenvalue weighted by molar-refractivity contribution is -0.905. The van der Waals surface area contributed by atoms with Gasteiger partial charge in [-0.1, -0.05) is 13.0 Å². The Bertz CT molecular complexity index is 1140. The van der Waals surface area contributed by atoms with E-state index >= 15 is 0 Å². The number of halogens is 5. The number of nitrogens with one attached hydrogen (secondary N) is 1. The summed E-state index contributed by atoms with van der Waals surface area (Å²) in [6, 6.07) is 3.90. The van der Waals surface area contributed by atoms with Crippen LogP contribution in [0.15, 0.2) is 30.5 Å². The summed E-state index contributed by atoms with van der Waals surface area (Å²) in [5.41, 5.74) is 1.61. The van der Waals surface area contributed by atoms with E-state index in [4.69, 9.17) is 15.2 Å². The zero-order valence-corrected chi connectivity index (χ0v) is 18.1. The largest absolute Gasteiger partial charge is 0.493 e. The number of methoxy groups -OCH3 is 1. The van der Waals surface area contributed by atoms with Crippen LogP contribution in [0.1, 0.15) is 35.8 Å². The molecule has 2 amide bonds. The zero-order chi connectivity index (χ0) is 25.6. The quantitative estimate of drug-likeness (QED) is 0.339. The molecule has 1 aliphatic heterocycles. The second-order valence-electron chi connectivity index (χ2n) is 7.94. The molecule has 1 fully saturated rings. The summed E-state index contributed by atoms with van der Waals surface area (Å²) in [4.78, 5) is 24.5. The normalized spacial score (nSPS) is 24.6. The standard InChI is InChI=1S/C21H20F5N3O5/c1-9-14(11-4-5-12(22)15(23)16(11)33-3)17(34-20(9,2)21(24,25)26)19(31)28-10-6-7-29(32)13(8-10)18(27)30/h4-9,14,17,32H,1-3H3,(H2,27,30)/p+1/t9-,14+,17-,20+/m1/s1. The Hall–Kier alpha value is -3.48. The number of benzene rings is 1. The number of amides is 2. The molecule has 2 heterocycles. The predicted octanol–water partition coefficient (Wildman–Crippen LogP) is 2.68. The van der Waals surface area contributed by atoms with E-state index in [1.165, 1.54) is 6.92 Å². The molecule has 0 radical (unpaired) electrons. The zero-order valence-electron chi connectivity index (χ0n) is 18.1. The van der Waals surface area contributed by atoms with Crippen LogP contribution in [0, 0.1) is 17.6 Å². The molecule has 1 saturated heterocycles. The first-order chi connectivity index (χ1) is 15.7. The van der Waals surface area contributed by atoms with Gasteiger partial charge in [0.1, 0.15) is 6.10 Å². The second kappa shape index (κ2) is 8.70. The monoisotopic (exact) mass is 490 g/mol. The maximum atomic E-state index is 14.4. The van der Waals surface area contributed by atoms with Gasteiger partial charge in [0.15, 0.2) is 17.2 Å². The highest BCUT2D eigenvalue weighted by Crippen LogP contribution is 2.54. The molecule has 1 aliphatic rings. The fourth-order valence-electron chi connectivity index (χ4n) is 4.01. The third kappa shape index (κ3) is 4.11. The molecule has 0 aliphatic carbocycles. The van der Waals surface area contributed by atoms with Gasteiger partial charge in [-0.2, -0.15) is 17.6 Å². The van der Waals surface area contributed by atoms with Gasteiger partial charge in [-0.25, -0.2) is 4.39 Å². The van der Waals surface area contributed by atoms with Crippen LogP contribution in [-0.4, -0.2) is 42.0 Å². The van der Waals surface area contributed by atoms with Crippen molar-refractivity contribution in [2.75, 3.05) is 12.4 Å². The van der Waals surface area contributed by atoms with Gasteiger partial charge in [0.2, 0.25) is 12.0 Å². The highest BCUT2D eigenvalue weighted by molar-refractivity contribution is 5.97. The number of anilines is 1. The number of alkyl halides is 3. The third-order valence-electron chi connectivity index (χ3n) is 6.02. The Labute approximate surface area is 190 Å². The van der Waals surface area contributed by atoms with Gasteiger partial charge in [-0.15, -0.1) is 0 Å². The van der Waals surface area contributed by atoms with E-state index in [0.29, 0.717) is 10.8 Å². The molecule has 184 valence electrons. The number of aromatic nitrogens is 1. The van der Waals surface area contributed by atoms with Gasteiger partial charge >= 0.3 is 17.8 Å². The van der Waals surface area contributed by atoms with Crippen molar-refractivity contribution in [3.63, 3.8) is 0 Å². The molecule has 8 nitrogen and oxygen atoms in total. The van der Waals surface area contributed by atoms with Crippen molar-refractivity contribution in [1.82, 2.24) is 0 Å². The number of ether oxygens (including phenoxy) is 2. The molecule has 0 unspecified atom stereocenters. The summed E-state index contributed by atoms with van der Waals surface area (Å²) in [7, 11) is 1.01. The summed E-state index contributed by atoms with van der Waals surface area (Å²) in [6.45, 7) is 1.93. The Balaban J connectivity index is 2.08. The molecular weight excluding hydrogens is 469 g/mol. The van der Waals surface area contributed by atoms with Crippen LogP contribution < -0.4 is 20.5 Å². The van der Waals surface area contributed by atoms with Gasteiger partial charge in [0, 0.05) is 34.3 Å². The van der Waals surface area contributed by atoms with Crippen molar-refractivity contribution in [2.24, 2.45) is 11.7 Å². The number of pyridine rings is 1. The minimum atomic E-state index is -4.92. The number of hydrogen-bond acceptors (Lipinski definition) is 5. The number of primary amides is 1. The van der Waals surface area contributed by atoms with E-state index in [0.717, 1.165) is 38.4 Å². The van der Waals surface area contributed by atoms with Gasteiger partial charge in [0.05, 0.1) is 12.8 Å². The van der Waals surface area contributed by atoms with Crippen LogP contribution in [0.5, 0.6) is 5.75 Å². The molecule has 1 aromatic heterocycles. The number of carbonyl (C=O) groups excluding carboxylic acids is 2. The lowest BCUT2D eigenvalue weighted by Crippen LogP contribution is -2.47. The maximum Gasteiger partial charge on any atom is 0.417 e. The van der Waals surface area contributed by atoms with Gasteiger partial charge in [-0.05, 0) is 13.0 Å². The van der Waals surface area contributed by atoms with Crippen molar-refractivity contribution in [2.45, 2.75) is 37.6 Å². The van der Waals surface area contributed by atoms with E-state index in [2.05, 4.69) is 5.32 Å². The van der Waals surface area contributed by atoms with Crippen LogP contribution in [0.4, 0.5) is 27.6 Å². The van der Waals surface area contributed by atoms with E-state index in [-0.39, 0.29) is 11.3 Å². The molecule has 0 spiro atoms. The summed E-state index contributed by atoms with van der Waals surface area (Å²) >= 11 is 0. The number of carbonyl (C=O) groups is 2. The molecule has 1 aromatic carbocycles. The summed E-state index contributed by atoms with van der Waals surface area (Å²) in [5, 5.41) is 11.9. The molecular formula is C21H21F5N3O5+. The molecule has 13 heteroatoms. The Morgan fingerprint density at radius 3 is 2.47 bits per heavy atom. The topological polar surface area (TPSA) is 115 Å². The van der Waals surface area contributed by atoms with E-state index in [1.54, 1.807) is 0 Å². The molecule has 0 saturated carbocycles. The Morgan fingerprint density at radius 1 is 1.26 bits per heavy atom. The van der Waals surface area contributed by atoms with Gasteiger partial charge in [0.25, 0.3) is 5.91 Å². The highest BCUT2D eigenvalue weighted by atomic mass is 19.4. The Kier molecular flexibility index (Phi) is 6.44. The maximum absolute atomic E-state index is 14.4. The molecule has 4 atom stereocenters. The van der Waals surface area contributed by atoms with Crippen molar-refractivity contribution in [1.29, 1.82) is 0 Å². The van der Waals surface area contributed by atoms with E-state index < -0.39 is 64.6 Å². The first-order valence-electron chi connectivity index (χ1n) is 9.85. The van der Waals surface area contributed by atoms with Crippen molar-refractivity contribution in [3.05, 3.63) is 53.4 Å². The molecule has 34 heavy (non-hydrogen) atoms. The number of hydrogen-bond donors (Lipinski definition) is 3. The average molecular weight is 490 g/mol. The summed E-state index contributed by atoms with van der Waals surface area (Å²) < 4.78 is 80.5. The van der Waals surface area contributed by atoms with Gasteiger partial charge in [-0.3, -0.25) is 14.8 Å². The molecule has 4 N–H and O–H groups in total. The lowest BCUT2D eigenvalue weighted by Gasteiger charge is -2.32. The van der Waals surface area contributed by atoms with Crippen molar-refractivity contribution < 1.29 is 51.0 Å². The van der Waals surface area contributed by atoms with Crippen LogP contribution in [0.2, 0.25) is 0 Å². The summed E-state index contributed by atoms with van der Waals surface area (Å²) in [5.74, 6) is -8.30.